The van der Waals surface area contributed by atoms with Crippen molar-refractivity contribution < 1.29 is 0 Å². The molecule has 0 saturated heterocycles. The molecule has 0 unspecified atom stereocenters. The minimum Gasteiger partial charge on any atom is -0.385 e. The smallest absolute Gasteiger partial charge is 0.0992 e. The molecule has 0 aromatic heterocycles. The van der Waals surface area contributed by atoms with Gasteiger partial charge in [0.15, 0.2) is 0 Å². The van der Waals surface area contributed by atoms with Gasteiger partial charge in [-0.3, -0.25) is 0 Å². The second kappa shape index (κ2) is 6.60. The van der Waals surface area contributed by atoms with Crippen LogP contribution >= 0.6 is 27.5 Å². The van der Waals surface area contributed by atoms with Crippen LogP contribution in [-0.4, -0.2) is 6.54 Å². The lowest BCUT2D eigenvalue weighted by atomic mass is 10.1. The number of rotatable bonds is 4. The van der Waals surface area contributed by atoms with Crippen molar-refractivity contribution in [1.29, 1.82) is 5.26 Å². The van der Waals surface area contributed by atoms with Crippen LogP contribution in [0.5, 0.6) is 0 Å². The Bertz CT molecular complexity index is 603. The number of nitrogens with one attached hydrogen (secondary N) is 1. The van der Waals surface area contributed by atoms with Gasteiger partial charge < -0.3 is 5.32 Å². The van der Waals surface area contributed by atoms with E-state index in [1.165, 1.54) is 5.56 Å². The van der Waals surface area contributed by atoms with Crippen LogP contribution in [0.4, 0.5) is 5.69 Å². The van der Waals surface area contributed by atoms with Crippen molar-refractivity contribution in [3.63, 3.8) is 0 Å². The van der Waals surface area contributed by atoms with E-state index in [4.69, 9.17) is 16.9 Å². The predicted octanol–water partition coefficient (Wildman–Crippen LogP) is 4.63. The molecule has 96 valence electrons. The standard InChI is InChI=1S/C15H12BrClN2/c16-13-7-12(10-18)8-15(9-13)19-6-5-11-1-3-14(17)4-2-11/h1-4,7-9,19H,5-6H2. The van der Waals surface area contributed by atoms with Crippen molar-refractivity contribution in [2.45, 2.75) is 6.42 Å². The van der Waals surface area contributed by atoms with Gasteiger partial charge in [0.25, 0.3) is 0 Å². The van der Waals surface area contributed by atoms with Gasteiger partial charge >= 0.3 is 0 Å². The lowest BCUT2D eigenvalue weighted by molar-refractivity contribution is 1.02. The van der Waals surface area contributed by atoms with Crippen LogP contribution in [0.15, 0.2) is 46.9 Å². The van der Waals surface area contributed by atoms with Crippen LogP contribution in [0.3, 0.4) is 0 Å². The van der Waals surface area contributed by atoms with Gasteiger partial charge in [0.05, 0.1) is 11.6 Å². The van der Waals surface area contributed by atoms with Gasteiger partial charge in [-0.05, 0) is 42.3 Å². The zero-order valence-corrected chi connectivity index (χ0v) is 12.5. The quantitative estimate of drug-likeness (QED) is 0.884. The third-order valence-corrected chi connectivity index (χ3v) is 3.39. The molecule has 0 amide bonds. The number of hydrogen-bond donors (Lipinski definition) is 1. The second-order valence-electron chi connectivity index (χ2n) is 4.14. The highest BCUT2D eigenvalue weighted by Gasteiger charge is 1.99. The van der Waals surface area contributed by atoms with Gasteiger partial charge in [-0.25, -0.2) is 0 Å². The van der Waals surface area contributed by atoms with E-state index in [0.717, 1.165) is 28.1 Å². The first kappa shape index (κ1) is 13.9. The maximum absolute atomic E-state index is 8.90. The normalized spacial score (nSPS) is 9.95. The highest BCUT2D eigenvalue weighted by Crippen LogP contribution is 2.19. The fourth-order valence-electron chi connectivity index (χ4n) is 1.76. The van der Waals surface area contributed by atoms with Crippen molar-refractivity contribution in [1.82, 2.24) is 0 Å². The molecular formula is C15H12BrClN2. The highest BCUT2D eigenvalue weighted by atomic mass is 79.9. The number of hydrogen-bond acceptors (Lipinski definition) is 2. The average Bonchev–Trinajstić information content (AvgIpc) is 2.40. The van der Waals surface area contributed by atoms with Crippen LogP contribution in [0.2, 0.25) is 5.02 Å². The molecule has 0 aliphatic rings. The molecule has 0 radical (unpaired) electrons. The number of benzene rings is 2. The number of nitriles is 1. The predicted molar refractivity (Wildman–Crippen MR) is 82.5 cm³/mol. The summed E-state index contributed by atoms with van der Waals surface area (Å²) in [4.78, 5) is 0. The fraction of sp³-hybridized carbons (Fsp3) is 0.133. The Morgan fingerprint density at radius 2 is 1.89 bits per heavy atom. The van der Waals surface area contributed by atoms with Crippen LogP contribution in [0.25, 0.3) is 0 Å². The SMILES string of the molecule is N#Cc1cc(Br)cc(NCCc2ccc(Cl)cc2)c1. The van der Waals surface area contributed by atoms with E-state index >= 15 is 0 Å². The van der Waals surface area contributed by atoms with Crippen molar-refractivity contribution in [3.05, 3.63) is 63.1 Å². The summed E-state index contributed by atoms with van der Waals surface area (Å²) >= 11 is 9.23. The summed E-state index contributed by atoms with van der Waals surface area (Å²) in [5, 5.41) is 13.0. The molecule has 0 aliphatic heterocycles. The summed E-state index contributed by atoms with van der Waals surface area (Å²) in [5.74, 6) is 0. The largest absolute Gasteiger partial charge is 0.385 e. The first-order valence-electron chi connectivity index (χ1n) is 5.86. The van der Waals surface area contributed by atoms with E-state index in [-0.39, 0.29) is 0 Å². The van der Waals surface area contributed by atoms with E-state index in [1.807, 2.05) is 36.4 Å². The van der Waals surface area contributed by atoms with Crippen molar-refractivity contribution >= 4 is 33.2 Å². The van der Waals surface area contributed by atoms with Crippen LogP contribution in [-0.2, 0) is 6.42 Å². The van der Waals surface area contributed by atoms with Gasteiger partial charge in [0.1, 0.15) is 0 Å². The topological polar surface area (TPSA) is 35.8 Å². The molecule has 0 spiro atoms. The number of nitrogens with zero attached hydrogens (tertiary/aromatic N) is 1. The van der Waals surface area contributed by atoms with E-state index in [2.05, 4.69) is 27.3 Å². The molecule has 0 bridgehead atoms. The molecule has 4 heteroatoms. The third kappa shape index (κ3) is 4.27. The number of halogens is 2. The maximum atomic E-state index is 8.90. The summed E-state index contributed by atoms with van der Waals surface area (Å²) in [6.45, 7) is 0.808. The summed E-state index contributed by atoms with van der Waals surface area (Å²) in [5.41, 5.74) is 2.82. The van der Waals surface area contributed by atoms with Gasteiger partial charge in [0.2, 0.25) is 0 Å². The van der Waals surface area contributed by atoms with Crippen molar-refractivity contribution in [3.8, 4) is 6.07 Å². The molecule has 0 atom stereocenters. The molecule has 2 aromatic carbocycles. The Kier molecular flexibility index (Phi) is 4.84. The summed E-state index contributed by atoms with van der Waals surface area (Å²) in [6, 6.07) is 15.6. The molecule has 2 rings (SSSR count). The lowest BCUT2D eigenvalue weighted by Crippen LogP contribution is -2.04. The van der Waals surface area contributed by atoms with E-state index in [1.54, 1.807) is 6.07 Å². The summed E-state index contributed by atoms with van der Waals surface area (Å²) in [7, 11) is 0. The van der Waals surface area contributed by atoms with Crippen LogP contribution in [0, 0.1) is 11.3 Å². The Labute approximate surface area is 126 Å². The summed E-state index contributed by atoms with van der Waals surface area (Å²) < 4.78 is 0.903. The minimum atomic E-state index is 0.642. The molecule has 2 aromatic rings. The molecule has 0 aliphatic carbocycles. The Morgan fingerprint density at radius 3 is 2.58 bits per heavy atom. The van der Waals surface area contributed by atoms with Gasteiger partial charge in [-0.2, -0.15) is 5.26 Å². The fourth-order valence-corrected chi connectivity index (χ4v) is 2.38. The van der Waals surface area contributed by atoms with Crippen molar-refractivity contribution in [2.75, 3.05) is 11.9 Å². The zero-order valence-electron chi connectivity index (χ0n) is 10.2. The Hall–Kier alpha value is -1.50. The number of anilines is 1. The van der Waals surface area contributed by atoms with E-state index < -0.39 is 0 Å². The molecule has 0 fully saturated rings. The molecule has 1 N–H and O–H groups in total. The van der Waals surface area contributed by atoms with Gasteiger partial charge in [0, 0.05) is 21.7 Å². The third-order valence-electron chi connectivity index (χ3n) is 2.68. The Morgan fingerprint density at radius 1 is 1.16 bits per heavy atom. The van der Waals surface area contributed by atoms with Gasteiger partial charge in [-0.1, -0.05) is 39.7 Å². The lowest BCUT2D eigenvalue weighted by Gasteiger charge is -2.07. The average molecular weight is 336 g/mol. The van der Waals surface area contributed by atoms with Crippen LogP contribution in [0.1, 0.15) is 11.1 Å². The Balaban J connectivity index is 1.94. The highest BCUT2D eigenvalue weighted by molar-refractivity contribution is 9.10. The van der Waals surface area contributed by atoms with Crippen LogP contribution < -0.4 is 5.32 Å². The minimum absolute atomic E-state index is 0.642. The first-order valence-corrected chi connectivity index (χ1v) is 7.03. The monoisotopic (exact) mass is 334 g/mol. The summed E-state index contributed by atoms with van der Waals surface area (Å²) in [6.07, 6.45) is 0.908. The van der Waals surface area contributed by atoms with Gasteiger partial charge in [-0.15, -0.1) is 0 Å². The van der Waals surface area contributed by atoms with E-state index in [9.17, 15) is 0 Å². The molecule has 2 nitrogen and oxygen atoms in total. The molecule has 19 heavy (non-hydrogen) atoms. The second-order valence-corrected chi connectivity index (χ2v) is 5.50. The molecular weight excluding hydrogens is 324 g/mol. The van der Waals surface area contributed by atoms with E-state index in [0.29, 0.717) is 5.56 Å². The molecule has 0 heterocycles. The van der Waals surface area contributed by atoms with Crippen molar-refractivity contribution in [2.24, 2.45) is 0 Å². The molecule has 0 saturated carbocycles. The first-order chi connectivity index (χ1) is 9.17. The zero-order chi connectivity index (χ0) is 13.7. The maximum Gasteiger partial charge on any atom is 0.0992 e.